The summed E-state index contributed by atoms with van der Waals surface area (Å²) in [5.74, 6) is 0.0639. The minimum Gasteiger partial charge on any atom is -0.398 e. The van der Waals surface area contributed by atoms with Gasteiger partial charge in [0.05, 0.1) is 5.56 Å². The van der Waals surface area contributed by atoms with Crippen molar-refractivity contribution in [1.82, 2.24) is 4.57 Å². The van der Waals surface area contributed by atoms with Crippen LogP contribution in [0.2, 0.25) is 0 Å². The molecule has 146 valence electrons. The van der Waals surface area contributed by atoms with Crippen molar-refractivity contribution in [3.8, 4) is 0 Å². The molecule has 2 heterocycles. The molecule has 0 fully saturated rings. The van der Waals surface area contributed by atoms with Gasteiger partial charge in [0.2, 0.25) is 0 Å². The van der Waals surface area contributed by atoms with Crippen LogP contribution in [0, 0.1) is 13.8 Å². The van der Waals surface area contributed by atoms with E-state index in [1.54, 1.807) is 0 Å². The molecule has 0 bridgehead atoms. The van der Waals surface area contributed by atoms with Crippen LogP contribution in [-0.2, 0) is 13.0 Å². The molecule has 1 amide bonds. The molecule has 1 aromatic heterocycles. The maximum atomic E-state index is 13.4. The Morgan fingerprint density at radius 1 is 1.07 bits per heavy atom. The predicted molar refractivity (Wildman–Crippen MR) is 118 cm³/mol. The fourth-order valence-corrected chi connectivity index (χ4v) is 4.03. The highest BCUT2D eigenvalue weighted by atomic mass is 35.5. The first-order valence-electron chi connectivity index (χ1n) is 9.46. The van der Waals surface area contributed by atoms with Gasteiger partial charge in [0, 0.05) is 35.9 Å². The molecule has 0 unspecified atom stereocenters. The van der Waals surface area contributed by atoms with Gasteiger partial charge in [-0.05, 0) is 56.0 Å². The fraction of sp³-hybridized carbons (Fsp3) is 0.261. The molecule has 0 spiro atoms. The largest absolute Gasteiger partial charge is 0.398 e. The van der Waals surface area contributed by atoms with Gasteiger partial charge in [0.25, 0.3) is 5.91 Å². The number of fused-ring (bicyclic) bond motifs is 1. The highest BCUT2D eigenvalue weighted by molar-refractivity contribution is 6.08. The minimum absolute atomic E-state index is 0. The van der Waals surface area contributed by atoms with Gasteiger partial charge in [-0.15, -0.1) is 12.4 Å². The van der Waals surface area contributed by atoms with Crippen LogP contribution in [0.15, 0.2) is 54.6 Å². The summed E-state index contributed by atoms with van der Waals surface area (Å²) < 4.78 is 2.22. The number of aryl methyl sites for hydroxylation is 1. The number of benzene rings is 2. The number of amides is 1. The lowest BCUT2D eigenvalue weighted by Crippen LogP contribution is -2.36. The van der Waals surface area contributed by atoms with Gasteiger partial charge < -0.3 is 15.2 Å². The Hall–Kier alpha value is -2.72. The van der Waals surface area contributed by atoms with Crippen LogP contribution >= 0.6 is 12.4 Å². The third-order valence-corrected chi connectivity index (χ3v) is 5.52. The number of nitrogens with two attached hydrogens (primary N) is 1. The zero-order chi connectivity index (χ0) is 19.0. The normalized spacial score (nSPS) is 13.0. The second kappa shape index (κ2) is 8.11. The summed E-state index contributed by atoms with van der Waals surface area (Å²) in [7, 11) is 0. The highest BCUT2D eigenvalue weighted by Crippen LogP contribution is 2.33. The van der Waals surface area contributed by atoms with E-state index >= 15 is 0 Å². The van der Waals surface area contributed by atoms with Gasteiger partial charge in [-0.25, -0.2) is 0 Å². The van der Waals surface area contributed by atoms with E-state index in [4.69, 9.17) is 5.73 Å². The molecule has 4 nitrogen and oxygen atoms in total. The Bertz CT molecular complexity index is 995. The van der Waals surface area contributed by atoms with Crippen LogP contribution in [0.1, 0.15) is 39.3 Å². The molecule has 3 aromatic rings. The van der Waals surface area contributed by atoms with Crippen LogP contribution < -0.4 is 10.6 Å². The number of anilines is 2. The summed E-state index contributed by atoms with van der Waals surface area (Å²) in [5.41, 5.74) is 13.1. The van der Waals surface area contributed by atoms with Crippen molar-refractivity contribution in [2.75, 3.05) is 17.2 Å². The number of aromatic nitrogens is 1. The van der Waals surface area contributed by atoms with Crippen molar-refractivity contribution in [1.29, 1.82) is 0 Å². The summed E-state index contributed by atoms with van der Waals surface area (Å²) in [6.07, 6.45) is 1.87. The van der Waals surface area contributed by atoms with E-state index in [0.717, 1.165) is 59.8 Å². The summed E-state index contributed by atoms with van der Waals surface area (Å²) >= 11 is 0. The lowest BCUT2D eigenvalue weighted by molar-refractivity contribution is 0.0984. The quantitative estimate of drug-likeness (QED) is 0.650. The van der Waals surface area contributed by atoms with Crippen molar-refractivity contribution < 1.29 is 4.79 Å². The molecule has 0 saturated carbocycles. The Morgan fingerprint density at radius 3 is 2.57 bits per heavy atom. The summed E-state index contributed by atoms with van der Waals surface area (Å²) in [4.78, 5) is 15.3. The third-order valence-electron chi connectivity index (χ3n) is 5.52. The SMILES string of the molecule is Cc1cc(C(=O)N2CCCc3c(N)cccc32)c(C)n1Cc1ccccc1.Cl. The number of carbonyl (C=O) groups excluding carboxylic acids is 1. The number of halogens is 1. The summed E-state index contributed by atoms with van der Waals surface area (Å²) in [5, 5.41) is 0. The Labute approximate surface area is 172 Å². The van der Waals surface area contributed by atoms with E-state index < -0.39 is 0 Å². The lowest BCUT2D eigenvalue weighted by atomic mass is 9.99. The average molecular weight is 396 g/mol. The number of nitrogen functional groups attached to an aromatic ring is 1. The topological polar surface area (TPSA) is 51.3 Å². The third kappa shape index (κ3) is 3.52. The second-order valence-corrected chi connectivity index (χ2v) is 7.26. The van der Waals surface area contributed by atoms with E-state index in [0.29, 0.717) is 0 Å². The number of nitrogens with zero attached hydrogens (tertiary/aromatic N) is 2. The first-order chi connectivity index (χ1) is 13.1. The minimum atomic E-state index is 0. The molecule has 2 aromatic carbocycles. The molecular formula is C23H26ClN3O. The first kappa shape index (κ1) is 20.0. The van der Waals surface area contributed by atoms with Crippen molar-refractivity contribution in [2.45, 2.75) is 33.2 Å². The predicted octanol–water partition coefficient (Wildman–Crippen LogP) is 4.75. The molecule has 4 rings (SSSR count). The molecule has 1 aliphatic rings. The van der Waals surface area contributed by atoms with Gasteiger partial charge in [-0.1, -0.05) is 36.4 Å². The van der Waals surface area contributed by atoms with Gasteiger partial charge in [-0.3, -0.25) is 4.79 Å². The molecule has 0 saturated heterocycles. The first-order valence-corrected chi connectivity index (χ1v) is 9.46. The van der Waals surface area contributed by atoms with E-state index in [2.05, 4.69) is 23.6 Å². The van der Waals surface area contributed by atoms with Crippen molar-refractivity contribution >= 4 is 29.7 Å². The highest BCUT2D eigenvalue weighted by Gasteiger charge is 2.27. The Kier molecular flexibility index (Phi) is 5.80. The van der Waals surface area contributed by atoms with Gasteiger partial charge >= 0.3 is 0 Å². The molecule has 1 aliphatic heterocycles. The Balaban J connectivity index is 0.00000225. The van der Waals surface area contributed by atoms with Crippen LogP contribution in [0.3, 0.4) is 0 Å². The Morgan fingerprint density at radius 2 is 1.82 bits per heavy atom. The van der Waals surface area contributed by atoms with Crippen LogP contribution in [0.5, 0.6) is 0 Å². The maximum absolute atomic E-state index is 13.4. The number of rotatable bonds is 3. The summed E-state index contributed by atoms with van der Waals surface area (Å²) in [6, 6.07) is 18.2. The molecule has 2 N–H and O–H groups in total. The molecule has 28 heavy (non-hydrogen) atoms. The molecule has 0 radical (unpaired) electrons. The van der Waals surface area contributed by atoms with Crippen molar-refractivity contribution in [3.05, 3.63) is 82.7 Å². The van der Waals surface area contributed by atoms with Crippen molar-refractivity contribution in [2.24, 2.45) is 0 Å². The van der Waals surface area contributed by atoms with Crippen molar-refractivity contribution in [3.63, 3.8) is 0 Å². The van der Waals surface area contributed by atoms with Gasteiger partial charge in [0.15, 0.2) is 0 Å². The van der Waals surface area contributed by atoms with Crippen LogP contribution in [0.25, 0.3) is 0 Å². The lowest BCUT2D eigenvalue weighted by Gasteiger charge is -2.30. The fourth-order valence-electron chi connectivity index (χ4n) is 4.03. The zero-order valence-electron chi connectivity index (χ0n) is 16.3. The molecular weight excluding hydrogens is 370 g/mol. The van der Waals surface area contributed by atoms with E-state index in [9.17, 15) is 4.79 Å². The van der Waals surface area contributed by atoms with E-state index in [-0.39, 0.29) is 18.3 Å². The monoisotopic (exact) mass is 395 g/mol. The number of hydrogen-bond acceptors (Lipinski definition) is 2. The maximum Gasteiger partial charge on any atom is 0.260 e. The molecule has 0 atom stereocenters. The number of hydrogen-bond donors (Lipinski definition) is 1. The number of carbonyl (C=O) groups is 1. The smallest absolute Gasteiger partial charge is 0.260 e. The van der Waals surface area contributed by atoms with Crippen LogP contribution in [0.4, 0.5) is 11.4 Å². The molecule has 5 heteroatoms. The molecule has 0 aliphatic carbocycles. The zero-order valence-corrected chi connectivity index (χ0v) is 17.1. The van der Waals surface area contributed by atoms with E-state index in [1.165, 1.54) is 5.56 Å². The van der Waals surface area contributed by atoms with Gasteiger partial charge in [0.1, 0.15) is 0 Å². The van der Waals surface area contributed by atoms with Crippen LogP contribution in [-0.4, -0.2) is 17.0 Å². The summed E-state index contributed by atoms with van der Waals surface area (Å²) in [6.45, 7) is 5.61. The standard InChI is InChI=1S/C23H25N3O.ClH/c1-16-14-20(17(2)26(16)15-18-8-4-3-5-9-18)23(27)25-13-7-10-19-21(24)11-6-12-22(19)25;/h3-6,8-9,11-12,14H,7,10,13,15,24H2,1-2H3;1H. The van der Waals surface area contributed by atoms with E-state index in [1.807, 2.05) is 54.3 Å². The average Bonchev–Trinajstić information content (AvgIpc) is 2.96. The second-order valence-electron chi connectivity index (χ2n) is 7.26. The van der Waals surface area contributed by atoms with Gasteiger partial charge in [-0.2, -0.15) is 0 Å².